The molecule has 1 rings (SSSR count). The Morgan fingerprint density at radius 1 is 1.19 bits per heavy atom. The minimum Gasteiger partial charge on any atom is -0.497 e. The molecule has 2 unspecified atom stereocenters. The van der Waals surface area contributed by atoms with Crippen molar-refractivity contribution in [3.8, 4) is 5.75 Å². The van der Waals surface area contributed by atoms with Crippen molar-refractivity contribution < 1.29 is 9.84 Å². The normalized spacial score (nSPS) is 14.2. The quantitative estimate of drug-likeness (QED) is 0.651. The third kappa shape index (κ3) is 5.65. The fourth-order valence-corrected chi connectivity index (χ4v) is 2.64. The van der Waals surface area contributed by atoms with Gasteiger partial charge in [0.15, 0.2) is 0 Å². The standard InChI is InChI=1S/C17H30N2O2/c1-4-16(18)17(19(2)12-6-5-7-13-20)14-8-10-15(21-3)11-9-14/h8-11,16-17,20H,4-7,12-13,18H2,1-3H3. The van der Waals surface area contributed by atoms with Crippen molar-refractivity contribution in [1.29, 1.82) is 0 Å². The molecular weight excluding hydrogens is 264 g/mol. The SMILES string of the molecule is CCC(N)C(c1ccc(OC)cc1)N(C)CCCCCO. The van der Waals surface area contributed by atoms with Gasteiger partial charge in [-0.1, -0.05) is 19.1 Å². The molecule has 0 saturated heterocycles. The van der Waals surface area contributed by atoms with Gasteiger partial charge in [0.05, 0.1) is 7.11 Å². The molecule has 0 radical (unpaired) electrons. The molecule has 120 valence electrons. The predicted molar refractivity (Wildman–Crippen MR) is 87.6 cm³/mol. The van der Waals surface area contributed by atoms with Gasteiger partial charge in [0.2, 0.25) is 0 Å². The summed E-state index contributed by atoms with van der Waals surface area (Å²) in [5, 5.41) is 8.85. The summed E-state index contributed by atoms with van der Waals surface area (Å²) in [7, 11) is 3.81. The van der Waals surface area contributed by atoms with Crippen molar-refractivity contribution in [3.63, 3.8) is 0 Å². The average Bonchev–Trinajstić information content (AvgIpc) is 2.52. The second kappa shape index (κ2) is 9.77. The number of ether oxygens (including phenoxy) is 1. The van der Waals surface area contributed by atoms with Gasteiger partial charge in [0.1, 0.15) is 5.75 Å². The fraction of sp³-hybridized carbons (Fsp3) is 0.647. The summed E-state index contributed by atoms with van der Waals surface area (Å²) >= 11 is 0. The molecule has 0 amide bonds. The van der Waals surface area contributed by atoms with Gasteiger partial charge in [-0.3, -0.25) is 4.90 Å². The van der Waals surface area contributed by atoms with E-state index in [0.717, 1.165) is 38.0 Å². The van der Waals surface area contributed by atoms with Crippen LogP contribution in [0.2, 0.25) is 0 Å². The first-order valence-corrected chi connectivity index (χ1v) is 7.84. The van der Waals surface area contributed by atoms with E-state index in [9.17, 15) is 0 Å². The summed E-state index contributed by atoms with van der Waals surface area (Å²) in [5.74, 6) is 0.869. The average molecular weight is 294 g/mol. The lowest BCUT2D eigenvalue weighted by Gasteiger charge is -2.33. The molecule has 0 aliphatic heterocycles. The third-order valence-electron chi connectivity index (χ3n) is 3.98. The van der Waals surface area contributed by atoms with Crippen molar-refractivity contribution in [1.82, 2.24) is 4.90 Å². The topological polar surface area (TPSA) is 58.7 Å². The maximum atomic E-state index is 8.85. The number of nitrogens with zero attached hydrogens (tertiary/aromatic N) is 1. The molecule has 0 aromatic heterocycles. The van der Waals surface area contributed by atoms with E-state index >= 15 is 0 Å². The highest BCUT2D eigenvalue weighted by atomic mass is 16.5. The van der Waals surface area contributed by atoms with Gasteiger partial charge in [0.25, 0.3) is 0 Å². The van der Waals surface area contributed by atoms with Crippen molar-refractivity contribution in [2.24, 2.45) is 5.73 Å². The van der Waals surface area contributed by atoms with Crippen LogP contribution in [0.1, 0.15) is 44.2 Å². The molecule has 0 saturated carbocycles. The van der Waals surface area contributed by atoms with Crippen molar-refractivity contribution in [2.45, 2.75) is 44.7 Å². The summed E-state index contributed by atoms with van der Waals surface area (Å²) in [6.07, 6.45) is 3.95. The van der Waals surface area contributed by atoms with Crippen LogP contribution in [-0.4, -0.2) is 43.4 Å². The highest BCUT2D eigenvalue weighted by Crippen LogP contribution is 2.26. The van der Waals surface area contributed by atoms with Crippen LogP contribution in [-0.2, 0) is 0 Å². The molecule has 4 nitrogen and oxygen atoms in total. The van der Waals surface area contributed by atoms with Crippen LogP contribution < -0.4 is 10.5 Å². The van der Waals surface area contributed by atoms with Crippen LogP contribution in [0.3, 0.4) is 0 Å². The van der Waals surface area contributed by atoms with Gasteiger partial charge in [-0.15, -0.1) is 0 Å². The first-order chi connectivity index (χ1) is 10.1. The van der Waals surface area contributed by atoms with Crippen LogP contribution in [0.25, 0.3) is 0 Å². The van der Waals surface area contributed by atoms with E-state index < -0.39 is 0 Å². The number of likely N-dealkylation sites (N-methyl/N-ethyl adjacent to an activating group) is 1. The zero-order chi connectivity index (χ0) is 15.7. The van der Waals surface area contributed by atoms with E-state index in [1.54, 1.807) is 7.11 Å². The molecular formula is C17H30N2O2. The Kier molecular flexibility index (Phi) is 8.35. The minimum atomic E-state index is 0.112. The summed E-state index contributed by atoms with van der Waals surface area (Å²) in [5.41, 5.74) is 7.57. The van der Waals surface area contributed by atoms with Crippen molar-refractivity contribution >= 4 is 0 Å². The zero-order valence-corrected chi connectivity index (χ0v) is 13.6. The maximum absolute atomic E-state index is 8.85. The Balaban J connectivity index is 2.73. The summed E-state index contributed by atoms with van der Waals surface area (Å²) < 4.78 is 5.22. The maximum Gasteiger partial charge on any atom is 0.118 e. The first-order valence-electron chi connectivity index (χ1n) is 7.84. The minimum absolute atomic E-state index is 0.112. The third-order valence-corrected chi connectivity index (χ3v) is 3.98. The zero-order valence-electron chi connectivity index (χ0n) is 13.6. The molecule has 0 bridgehead atoms. The molecule has 2 atom stereocenters. The molecule has 0 heterocycles. The number of nitrogens with two attached hydrogens (primary N) is 1. The van der Waals surface area contributed by atoms with Crippen molar-refractivity contribution in [3.05, 3.63) is 29.8 Å². The number of hydrogen-bond donors (Lipinski definition) is 2. The van der Waals surface area contributed by atoms with Gasteiger partial charge in [-0.05, 0) is 57.0 Å². The Morgan fingerprint density at radius 3 is 2.38 bits per heavy atom. The predicted octanol–water partition coefficient (Wildman–Crippen LogP) is 2.57. The number of benzene rings is 1. The molecule has 1 aromatic carbocycles. The van der Waals surface area contributed by atoms with Crippen LogP contribution in [0.15, 0.2) is 24.3 Å². The lowest BCUT2D eigenvalue weighted by Crippen LogP contribution is -2.39. The molecule has 21 heavy (non-hydrogen) atoms. The Bertz CT molecular complexity index is 381. The molecule has 0 aliphatic rings. The molecule has 3 N–H and O–H groups in total. The Labute approximate surface area is 128 Å². The number of unbranched alkanes of at least 4 members (excludes halogenated alkanes) is 2. The summed E-state index contributed by atoms with van der Waals surface area (Å²) in [4.78, 5) is 2.33. The van der Waals surface area contributed by atoms with Gasteiger partial charge in [-0.25, -0.2) is 0 Å². The second-order valence-electron chi connectivity index (χ2n) is 5.55. The Hall–Kier alpha value is -1.10. The van der Waals surface area contributed by atoms with E-state index in [2.05, 4.69) is 31.0 Å². The molecule has 0 aliphatic carbocycles. The Morgan fingerprint density at radius 2 is 1.86 bits per heavy atom. The first kappa shape index (κ1) is 18.0. The number of aliphatic hydroxyl groups is 1. The smallest absolute Gasteiger partial charge is 0.118 e. The van der Waals surface area contributed by atoms with Crippen LogP contribution in [0.5, 0.6) is 5.75 Å². The number of rotatable bonds is 10. The fourth-order valence-electron chi connectivity index (χ4n) is 2.64. The van der Waals surface area contributed by atoms with Gasteiger partial charge < -0.3 is 15.6 Å². The number of methoxy groups -OCH3 is 1. The van der Waals surface area contributed by atoms with Gasteiger partial charge in [0, 0.05) is 18.7 Å². The lowest BCUT2D eigenvalue weighted by molar-refractivity contribution is 0.202. The molecule has 0 fully saturated rings. The van der Waals surface area contributed by atoms with Crippen LogP contribution >= 0.6 is 0 Å². The molecule has 0 spiro atoms. The highest BCUT2D eigenvalue weighted by molar-refractivity contribution is 5.30. The molecule has 4 heteroatoms. The second-order valence-corrected chi connectivity index (χ2v) is 5.55. The number of aliphatic hydroxyl groups excluding tert-OH is 1. The van der Waals surface area contributed by atoms with Crippen LogP contribution in [0, 0.1) is 0 Å². The van der Waals surface area contributed by atoms with E-state index in [4.69, 9.17) is 15.6 Å². The van der Waals surface area contributed by atoms with Crippen molar-refractivity contribution in [2.75, 3.05) is 27.3 Å². The van der Waals surface area contributed by atoms with E-state index in [1.807, 2.05) is 12.1 Å². The van der Waals surface area contributed by atoms with E-state index in [1.165, 1.54) is 5.56 Å². The lowest BCUT2D eigenvalue weighted by atomic mass is 9.96. The van der Waals surface area contributed by atoms with E-state index in [0.29, 0.717) is 0 Å². The highest BCUT2D eigenvalue weighted by Gasteiger charge is 2.22. The van der Waals surface area contributed by atoms with Gasteiger partial charge >= 0.3 is 0 Å². The largest absolute Gasteiger partial charge is 0.497 e. The monoisotopic (exact) mass is 294 g/mol. The van der Waals surface area contributed by atoms with Crippen LogP contribution in [0.4, 0.5) is 0 Å². The summed E-state index contributed by atoms with van der Waals surface area (Å²) in [6.45, 7) is 3.39. The number of hydrogen-bond acceptors (Lipinski definition) is 4. The summed E-state index contributed by atoms with van der Waals surface area (Å²) in [6, 6.07) is 8.51. The van der Waals surface area contributed by atoms with E-state index in [-0.39, 0.29) is 18.7 Å². The van der Waals surface area contributed by atoms with Gasteiger partial charge in [-0.2, -0.15) is 0 Å². The molecule has 1 aromatic rings.